The van der Waals surface area contributed by atoms with Crippen LogP contribution in [0, 0.1) is 5.92 Å². The summed E-state index contributed by atoms with van der Waals surface area (Å²) >= 11 is 0. The predicted octanol–water partition coefficient (Wildman–Crippen LogP) is 4.20. The van der Waals surface area contributed by atoms with E-state index in [1.54, 1.807) is 0 Å². The lowest BCUT2D eigenvalue weighted by atomic mass is 9.91. The normalized spacial score (nSPS) is 17.4. The van der Waals surface area contributed by atoms with E-state index in [0.717, 1.165) is 43.4 Å². The molecule has 1 aromatic carbocycles. The Morgan fingerprint density at radius 2 is 2.19 bits per heavy atom. The second kappa shape index (κ2) is 7.16. The first kappa shape index (κ1) is 16.6. The zero-order valence-corrected chi connectivity index (χ0v) is 14.8. The Morgan fingerprint density at radius 1 is 1.35 bits per heavy atom. The van der Waals surface area contributed by atoms with Crippen molar-refractivity contribution in [3.63, 3.8) is 0 Å². The minimum Gasteiger partial charge on any atom is -0.346 e. The van der Waals surface area contributed by atoms with E-state index in [1.807, 2.05) is 23.4 Å². The highest BCUT2D eigenvalue weighted by molar-refractivity contribution is 5.93. The van der Waals surface area contributed by atoms with Crippen LogP contribution in [0.3, 0.4) is 0 Å². The average molecular weight is 345 g/mol. The molecule has 3 aromatic rings. The number of amides is 1. The first-order chi connectivity index (χ1) is 12.7. The molecule has 0 bridgehead atoms. The summed E-state index contributed by atoms with van der Waals surface area (Å²) in [5.74, 6) is 0.520. The number of benzene rings is 1. The van der Waals surface area contributed by atoms with E-state index in [2.05, 4.69) is 46.9 Å². The molecule has 4 rings (SSSR count). The highest BCUT2D eigenvalue weighted by atomic mass is 16.2. The number of carbonyl (C=O) groups is 1. The molecule has 0 aliphatic carbocycles. The molecule has 0 spiro atoms. The van der Waals surface area contributed by atoms with Gasteiger partial charge in [0.25, 0.3) is 0 Å². The van der Waals surface area contributed by atoms with Crippen LogP contribution in [0.15, 0.2) is 61.4 Å². The molecule has 1 aliphatic rings. The largest absolute Gasteiger partial charge is 0.346 e. The number of rotatable bonds is 4. The summed E-state index contributed by atoms with van der Waals surface area (Å²) in [5.41, 5.74) is 4.52. The molecule has 1 saturated heterocycles. The van der Waals surface area contributed by atoms with Gasteiger partial charge in [0.05, 0.1) is 0 Å². The van der Waals surface area contributed by atoms with Crippen LogP contribution in [-0.2, 0) is 11.2 Å². The molecule has 1 atom stereocenters. The summed E-state index contributed by atoms with van der Waals surface area (Å²) in [6.45, 7) is 5.26. The van der Waals surface area contributed by atoms with Crippen LogP contribution >= 0.6 is 0 Å². The van der Waals surface area contributed by atoms with Gasteiger partial charge in [0.1, 0.15) is 5.65 Å². The topological polar surface area (TPSA) is 49.0 Å². The smallest absolute Gasteiger partial charge is 0.245 e. The third-order valence-corrected chi connectivity index (χ3v) is 5.20. The molecule has 0 radical (unpaired) electrons. The fraction of sp³-hybridized carbons (Fsp3) is 0.273. The lowest BCUT2D eigenvalue weighted by Crippen LogP contribution is -2.39. The number of piperidine rings is 1. The number of hydrogen-bond donors (Lipinski definition) is 1. The number of H-pyrrole nitrogens is 1. The molecule has 3 heterocycles. The SMILES string of the molecule is C=CC(=O)N1CCCC(Cc2cnc3[nH]cc(-c4ccccc4)c3c2)C1. The van der Waals surface area contributed by atoms with Gasteiger partial charge in [-0.25, -0.2) is 4.98 Å². The van der Waals surface area contributed by atoms with Gasteiger partial charge in [0.15, 0.2) is 0 Å². The number of carbonyl (C=O) groups excluding carboxylic acids is 1. The summed E-state index contributed by atoms with van der Waals surface area (Å²) < 4.78 is 0. The Morgan fingerprint density at radius 3 is 3.00 bits per heavy atom. The predicted molar refractivity (Wildman–Crippen MR) is 105 cm³/mol. The quantitative estimate of drug-likeness (QED) is 0.721. The van der Waals surface area contributed by atoms with E-state index in [1.165, 1.54) is 22.8 Å². The summed E-state index contributed by atoms with van der Waals surface area (Å²) in [5, 5.41) is 1.16. The highest BCUT2D eigenvalue weighted by Crippen LogP contribution is 2.29. The third kappa shape index (κ3) is 3.27. The molecule has 1 unspecified atom stereocenters. The van der Waals surface area contributed by atoms with Crippen molar-refractivity contribution in [3.05, 3.63) is 67.0 Å². The number of nitrogens with one attached hydrogen (secondary N) is 1. The number of aromatic nitrogens is 2. The van der Waals surface area contributed by atoms with Gasteiger partial charge in [0, 0.05) is 36.4 Å². The van der Waals surface area contributed by atoms with Gasteiger partial charge in [0.2, 0.25) is 5.91 Å². The Balaban J connectivity index is 1.58. The first-order valence-electron chi connectivity index (χ1n) is 9.17. The van der Waals surface area contributed by atoms with Crippen LogP contribution in [0.1, 0.15) is 18.4 Å². The van der Waals surface area contributed by atoms with E-state index in [0.29, 0.717) is 5.92 Å². The second-order valence-corrected chi connectivity index (χ2v) is 7.01. The lowest BCUT2D eigenvalue weighted by Gasteiger charge is -2.32. The van der Waals surface area contributed by atoms with Gasteiger partial charge in [-0.2, -0.15) is 0 Å². The van der Waals surface area contributed by atoms with Crippen LogP contribution in [-0.4, -0.2) is 33.9 Å². The second-order valence-electron chi connectivity index (χ2n) is 7.01. The van der Waals surface area contributed by atoms with Crippen LogP contribution in [0.2, 0.25) is 0 Å². The number of aromatic amines is 1. The zero-order valence-electron chi connectivity index (χ0n) is 14.8. The van der Waals surface area contributed by atoms with Crippen LogP contribution < -0.4 is 0 Å². The summed E-state index contributed by atoms with van der Waals surface area (Å²) in [7, 11) is 0. The first-order valence-corrected chi connectivity index (χ1v) is 9.17. The number of fused-ring (bicyclic) bond motifs is 1. The van der Waals surface area contributed by atoms with Gasteiger partial charge < -0.3 is 9.88 Å². The highest BCUT2D eigenvalue weighted by Gasteiger charge is 2.22. The fourth-order valence-corrected chi connectivity index (χ4v) is 3.91. The lowest BCUT2D eigenvalue weighted by molar-refractivity contribution is -0.127. The van der Waals surface area contributed by atoms with Gasteiger partial charge in [-0.3, -0.25) is 4.79 Å². The Bertz CT molecular complexity index is 929. The molecule has 1 N–H and O–H groups in total. The van der Waals surface area contributed by atoms with Crippen LogP contribution in [0.5, 0.6) is 0 Å². The van der Waals surface area contributed by atoms with Crippen LogP contribution in [0.25, 0.3) is 22.2 Å². The number of nitrogens with zero attached hydrogens (tertiary/aromatic N) is 2. The monoisotopic (exact) mass is 345 g/mol. The van der Waals surface area contributed by atoms with Gasteiger partial charge in [-0.1, -0.05) is 36.9 Å². The molecule has 4 nitrogen and oxygen atoms in total. The van der Waals surface area contributed by atoms with E-state index in [9.17, 15) is 4.79 Å². The number of hydrogen-bond acceptors (Lipinski definition) is 2. The van der Waals surface area contributed by atoms with Gasteiger partial charge >= 0.3 is 0 Å². The Hall–Kier alpha value is -2.88. The van der Waals surface area contributed by atoms with Gasteiger partial charge in [-0.05, 0) is 48.4 Å². The van der Waals surface area contributed by atoms with E-state index in [-0.39, 0.29) is 5.91 Å². The van der Waals surface area contributed by atoms with E-state index >= 15 is 0 Å². The number of likely N-dealkylation sites (tertiary alicyclic amines) is 1. The molecule has 2 aromatic heterocycles. The average Bonchev–Trinajstić information content (AvgIpc) is 3.11. The van der Waals surface area contributed by atoms with Crippen molar-refractivity contribution < 1.29 is 4.79 Å². The summed E-state index contributed by atoms with van der Waals surface area (Å²) in [6.07, 6.45) is 8.56. The molecule has 1 aliphatic heterocycles. The van der Waals surface area contributed by atoms with E-state index in [4.69, 9.17) is 0 Å². The van der Waals surface area contributed by atoms with Crippen molar-refractivity contribution in [1.82, 2.24) is 14.9 Å². The third-order valence-electron chi connectivity index (χ3n) is 5.20. The molecule has 1 amide bonds. The standard InChI is InChI=1S/C22H23N3O/c1-2-21(26)25-10-6-7-16(15-25)11-17-12-19-20(14-24-22(19)23-13-17)18-8-4-3-5-9-18/h2-5,8-9,12-14,16H,1,6-7,10-11,15H2,(H,23,24). The Kier molecular flexibility index (Phi) is 4.57. The molecule has 132 valence electrons. The maximum Gasteiger partial charge on any atom is 0.245 e. The molecule has 26 heavy (non-hydrogen) atoms. The van der Waals surface area contributed by atoms with Crippen LogP contribution in [0.4, 0.5) is 0 Å². The summed E-state index contributed by atoms with van der Waals surface area (Å²) in [6, 6.07) is 12.6. The minimum atomic E-state index is 0.0419. The maximum atomic E-state index is 11.9. The molecule has 1 fully saturated rings. The van der Waals surface area contributed by atoms with Crippen molar-refractivity contribution in [2.75, 3.05) is 13.1 Å². The molecular weight excluding hydrogens is 322 g/mol. The van der Waals surface area contributed by atoms with E-state index < -0.39 is 0 Å². The molecule has 4 heteroatoms. The van der Waals surface area contributed by atoms with Crippen molar-refractivity contribution >= 4 is 16.9 Å². The summed E-state index contributed by atoms with van der Waals surface area (Å²) in [4.78, 5) is 21.7. The zero-order chi connectivity index (χ0) is 17.9. The Labute approximate surface area is 153 Å². The molecular formula is C22H23N3O. The van der Waals surface area contributed by atoms with Crippen molar-refractivity contribution in [2.45, 2.75) is 19.3 Å². The number of pyridine rings is 1. The van der Waals surface area contributed by atoms with Crippen molar-refractivity contribution in [3.8, 4) is 11.1 Å². The van der Waals surface area contributed by atoms with Gasteiger partial charge in [-0.15, -0.1) is 0 Å². The van der Waals surface area contributed by atoms with Crippen molar-refractivity contribution in [2.24, 2.45) is 5.92 Å². The fourth-order valence-electron chi connectivity index (χ4n) is 3.91. The minimum absolute atomic E-state index is 0.0419. The maximum absolute atomic E-state index is 11.9. The molecule has 0 saturated carbocycles. The van der Waals surface area contributed by atoms with Crippen molar-refractivity contribution in [1.29, 1.82) is 0 Å².